The third kappa shape index (κ3) is 3.01. The van der Waals surface area contributed by atoms with Crippen molar-refractivity contribution < 1.29 is 10.0 Å². The summed E-state index contributed by atoms with van der Waals surface area (Å²) in [7, 11) is 0. The largest absolute Gasteiger partial charge is 0.393 e. The fourth-order valence-corrected chi connectivity index (χ4v) is 2.39. The predicted molar refractivity (Wildman–Crippen MR) is 69.7 cm³/mol. The number of nitrogens with one attached hydrogen (secondary N) is 1. The van der Waals surface area contributed by atoms with E-state index >= 15 is 0 Å². The summed E-state index contributed by atoms with van der Waals surface area (Å²) in [6.07, 6.45) is 2.68. The van der Waals surface area contributed by atoms with Crippen LogP contribution in [0.2, 0.25) is 0 Å². The third-order valence-electron chi connectivity index (χ3n) is 3.40. The Kier molecular flexibility index (Phi) is 3.97. The maximum absolute atomic E-state index is 11.1. The number of hydrogen-bond acceptors (Lipinski definition) is 5. The molecule has 0 atom stereocenters. The molecule has 1 aromatic rings. The molecular weight excluding hydrogens is 246 g/mol. The van der Waals surface area contributed by atoms with Crippen molar-refractivity contribution in [3.05, 3.63) is 33.9 Å². The summed E-state index contributed by atoms with van der Waals surface area (Å²) in [5.74, 6) is 0. The maximum atomic E-state index is 11.1. The normalized spacial score (nSPS) is 22.5. The predicted octanol–water partition coefficient (Wildman–Crippen LogP) is 2.18. The molecule has 0 spiro atoms. The van der Waals surface area contributed by atoms with Crippen LogP contribution in [0, 0.1) is 21.4 Å². The van der Waals surface area contributed by atoms with Crippen molar-refractivity contribution in [1.29, 1.82) is 5.26 Å². The zero-order chi connectivity index (χ0) is 13.8. The lowest BCUT2D eigenvalue weighted by Gasteiger charge is -2.26. The number of nitriles is 1. The molecule has 1 aromatic carbocycles. The highest BCUT2D eigenvalue weighted by atomic mass is 16.6. The first-order chi connectivity index (χ1) is 9.11. The monoisotopic (exact) mass is 261 g/mol. The van der Waals surface area contributed by atoms with Crippen molar-refractivity contribution in [2.24, 2.45) is 0 Å². The Balaban J connectivity index is 2.21. The van der Waals surface area contributed by atoms with Crippen LogP contribution in [0.15, 0.2) is 18.2 Å². The first-order valence-electron chi connectivity index (χ1n) is 6.24. The van der Waals surface area contributed by atoms with Gasteiger partial charge >= 0.3 is 5.69 Å². The fourth-order valence-electron chi connectivity index (χ4n) is 2.39. The number of benzene rings is 1. The molecule has 2 rings (SSSR count). The minimum absolute atomic E-state index is 0.0610. The van der Waals surface area contributed by atoms with E-state index in [4.69, 9.17) is 5.26 Å². The summed E-state index contributed by atoms with van der Waals surface area (Å²) in [4.78, 5) is 10.5. The van der Waals surface area contributed by atoms with Gasteiger partial charge in [0.2, 0.25) is 0 Å². The Morgan fingerprint density at radius 2 is 2.05 bits per heavy atom. The second-order valence-electron chi connectivity index (χ2n) is 4.72. The lowest BCUT2D eigenvalue weighted by molar-refractivity contribution is -0.384. The number of nitrogens with zero attached hydrogens (tertiary/aromatic N) is 2. The molecule has 0 unspecified atom stereocenters. The van der Waals surface area contributed by atoms with Crippen molar-refractivity contribution in [3.8, 4) is 6.07 Å². The van der Waals surface area contributed by atoms with Crippen molar-refractivity contribution in [1.82, 2.24) is 0 Å². The highest BCUT2D eigenvalue weighted by Crippen LogP contribution is 2.31. The third-order valence-corrected chi connectivity index (χ3v) is 3.40. The summed E-state index contributed by atoms with van der Waals surface area (Å²) in [5.41, 5.74) is 0.271. The van der Waals surface area contributed by atoms with E-state index in [2.05, 4.69) is 5.32 Å². The molecule has 0 bridgehead atoms. The first kappa shape index (κ1) is 13.3. The molecule has 0 aliphatic heterocycles. The molecule has 1 saturated carbocycles. The average Bonchev–Trinajstić information content (AvgIpc) is 2.40. The second kappa shape index (κ2) is 5.67. The van der Waals surface area contributed by atoms with Gasteiger partial charge in [0.1, 0.15) is 17.3 Å². The number of aliphatic hydroxyl groups is 1. The summed E-state index contributed by atoms with van der Waals surface area (Å²) in [5, 5.41) is 32.5. The van der Waals surface area contributed by atoms with Gasteiger partial charge < -0.3 is 10.4 Å². The zero-order valence-electron chi connectivity index (χ0n) is 10.4. The van der Waals surface area contributed by atoms with Crippen LogP contribution in [-0.2, 0) is 0 Å². The number of nitro benzene ring substituents is 1. The lowest BCUT2D eigenvalue weighted by atomic mass is 9.93. The van der Waals surface area contributed by atoms with Gasteiger partial charge in [-0.05, 0) is 37.8 Å². The number of aliphatic hydroxyl groups excluding tert-OH is 1. The van der Waals surface area contributed by atoms with Crippen LogP contribution >= 0.6 is 0 Å². The highest BCUT2D eigenvalue weighted by molar-refractivity contribution is 5.68. The minimum atomic E-state index is -0.529. The van der Waals surface area contributed by atoms with E-state index in [1.165, 1.54) is 6.07 Å². The van der Waals surface area contributed by atoms with Gasteiger partial charge in [-0.1, -0.05) is 6.07 Å². The van der Waals surface area contributed by atoms with E-state index in [1.54, 1.807) is 12.1 Å². The highest BCUT2D eigenvalue weighted by Gasteiger charge is 2.24. The molecule has 1 aliphatic rings. The molecule has 0 aromatic heterocycles. The van der Waals surface area contributed by atoms with Crippen LogP contribution in [0.25, 0.3) is 0 Å². The van der Waals surface area contributed by atoms with Crippen LogP contribution in [-0.4, -0.2) is 22.2 Å². The van der Waals surface area contributed by atoms with E-state index in [-0.39, 0.29) is 23.4 Å². The molecule has 0 radical (unpaired) electrons. The van der Waals surface area contributed by atoms with E-state index in [1.807, 2.05) is 6.07 Å². The molecule has 6 nitrogen and oxygen atoms in total. The quantitative estimate of drug-likeness (QED) is 0.641. The van der Waals surface area contributed by atoms with Gasteiger partial charge in [-0.2, -0.15) is 5.26 Å². The molecule has 6 heteroatoms. The summed E-state index contributed by atoms with van der Waals surface area (Å²) < 4.78 is 0. The molecule has 100 valence electrons. The van der Waals surface area contributed by atoms with Gasteiger partial charge in [0.25, 0.3) is 0 Å². The molecule has 0 heterocycles. The smallest absolute Gasteiger partial charge is 0.309 e. The van der Waals surface area contributed by atoms with Crippen LogP contribution < -0.4 is 5.32 Å². The SMILES string of the molecule is N#Cc1cccc(NC2CCC(O)CC2)c1[N+](=O)[O-]. The topological polar surface area (TPSA) is 99.2 Å². The van der Waals surface area contributed by atoms with E-state index < -0.39 is 4.92 Å². The number of nitro groups is 1. The first-order valence-corrected chi connectivity index (χ1v) is 6.24. The average molecular weight is 261 g/mol. The van der Waals surface area contributed by atoms with Crippen LogP contribution in [0.1, 0.15) is 31.2 Å². The number of anilines is 1. The maximum Gasteiger partial charge on any atom is 0.309 e. The standard InChI is InChI=1S/C13H15N3O3/c14-8-9-2-1-3-12(13(9)16(18)19)15-10-4-6-11(17)7-5-10/h1-3,10-11,15,17H,4-7H2. The van der Waals surface area contributed by atoms with Crippen molar-refractivity contribution in [2.75, 3.05) is 5.32 Å². The fraction of sp³-hybridized carbons (Fsp3) is 0.462. The van der Waals surface area contributed by atoms with Crippen molar-refractivity contribution >= 4 is 11.4 Å². The van der Waals surface area contributed by atoms with Crippen LogP contribution in [0.3, 0.4) is 0 Å². The minimum Gasteiger partial charge on any atom is -0.393 e. The number of para-hydroxylation sites is 1. The van der Waals surface area contributed by atoms with Gasteiger partial charge in [-0.25, -0.2) is 0 Å². The summed E-state index contributed by atoms with van der Waals surface area (Å²) in [6, 6.07) is 6.63. The van der Waals surface area contributed by atoms with E-state index in [0.717, 1.165) is 12.8 Å². The van der Waals surface area contributed by atoms with Gasteiger partial charge in [0.15, 0.2) is 0 Å². The molecule has 0 amide bonds. The molecule has 19 heavy (non-hydrogen) atoms. The zero-order valence-corrected chi connectivity index (χ0v) is 10.4. The second-order valence-corrected chi connectivity index (χ2v) is 4.72. The Labute approximate surface area is 110 Å². The molecule has 0 saturated heterocycles. The Morgan fingerprint density at radius 1 is 1.37 bits per heavy atom. The van der Waals surface area contributed by atoms with E-state index in [0.29, 0.717) is 18.5 Å². The summed E-state index contributed by atoms with van der Waals surface area (Å²) >= 11 is 0. The Bertz CT molecular complexity index is 516. The molecule has 1 aliphatic carbocycles. The van der Waals surface area contributed by atoms with Gasteiger partial charge in [0.05, 0.1) is 11.0 Å². The van der Waals surface area contributed by atoms with Crippen LogP contribution in [0.4, 0.5) is 11.4 Å². The van der Waals surface area contributed by atoms with E-state index in [9.17, 15) is 15.2 Å². The van der Waals surface area contributed by atoms with Crippen molar-refractivity contribution in [2.45, 2.75) is 37.8 Å². The van der Waals surface area contributed by atoms with Crippen LogP contribution in [0.5, 0.6) is 0 Å². The number of rotatable bonds is 3. The molecule has 1 fully saturated rings. The lowest BCUT2D eigenvalue weighted by Crippen LogP contribution is -2.28. The van der Waals surface area contributed by atoms with Crippen molar-refractivity contribution in [3.63, 3.8) is 0 Å². The Hall–Kier alpha value is -2.13. The molecule has 2 N–H and O–H groups in total. The van der Waals surface area contributed by atoms with Gasteiger partial charge in [0, 0.05) is 6.04 Å². The molecular formula is C13H15N3O3. The number of hydrogen-bond donors (Lipinski definition) is 2. The van der Waals surface area contributed by atoms with Gasteiger partial charge in [-0.15, -0.1) is 0 Å². The summed E-state index contributed by atoms with van der Waals surface area (Å²) in [6.45, 7) is 0. The van der Waals surface area contributed by atoms with Gasteiger partial charge in [-0.3, -0.25) is 10.1 Å². The Morgan fingerprint density at radius 3 is 2.63 bits per heavy atom.